The number of carbonyl (C=O) groups excluding carboxylic acids is 1. The van der Waals surface area contributed by atoms with Crippen molar-refractivity contribution >= 4 is 17.3 Å². The van der Waals surface area contributed by atoms with E-state index in [1.807, 2.05) is 4.90 Å². The summed E-state index contributed by atoms with van der Waals surface area (Å²) in [7, 11) is 0. The molecule has 1 aliphatic rings. The number of nitrogens with zero attached hydrogens (tertiary/aromatic N) is 2. The van der Waals surface area contributed by atoms with Crippen molar-refractivity contribution in [2.24, 2.45) is 11.8 Å². The predicted octanol–water partition coefficient (Wildman–Crippen LogP) is 3.25. The van der Waals surface area contributed by atoms with Crippen molar-refractivity contribution in [1.82, 2.24) is 0 Å². The number of hydrogen-bond acceptors (Lipinski definition) is 5. The minimum absolute atomic E-state index is 0.0353. The van der Waals surface area contributed by atoms with E-state index in [4.69, 9.17) is 4.74 Å². The first-order valence-corrected chi connectivity index (χ1v) is 7.62. The number of nitro groups is 1. The van der Waals surface area contributed by atoms with Crippen molar-refractivity contribution in [3.05, 3.63) is 33.9 Å². The molecule has 1 aromatic rings. The number of benzene rings is 1. The molecule has 0 amide bonds. The van der Waals surface area contributed by atoms with Gasteiger partial charge in [0.1, 0.15) is 5.69 Å². The van der Waals surface area contributed by atoms with Gasteiger partial charge >= 0.3 is 5.97 Å². The molecule has 0 radical (unpaired) electrons. The molecule has 0 bridgehead atoms. The molecule has 0 N–H and O–H groups in total. The molecule has 2 unspecified atom stereocenters. The summed E-state index contributed by atoms with van der Waals surface area (Å²) < 4.78 is 4.91. The standard InChI is InChI=1S/C16H22N2O4/c1-4-22-16(19)13-5-6-14(15(8-13)18(20)21)17-9-11(2)7-12(3)10-17/h5-6,8,11-12H,4,7,9-10H2,1-3H3. The van der Waals surface area contributed by atoms with Gasteiger partial charge in [-0.15, -0.1) is 0 Å². The SMILES string of the molecule is CCOC(=O)c1ccc(N2CC(C)CC(C)C2)c([N+](=O)[O-])c1. The summed E-state index contributed by atoms with van der Waals surface area (Å²) in [6, 6.07) is 4.58. The number of piperidine rings is 1. The van der Waals surface area contributed by atoms with E-state index >= 15 is 0 Å². The Morgan fingerprint density at radius 2 is 2.00 bits per heavy atom. The molecule has 2 rings (SSSR count). The molecule has 2 atom stereocenters. The lowest BCUT2D eigenvalue weighted by Crippen LogP contribution is -2.39. The van der Waals surface area contributed by atoms with Crippen molar-refractivity contribution in [2.75, 3.05) is 24.6 Å². The van der Waals surface area contributed by atoms with Gasteiger partial charge in [0.25, 0.3) is 5.69 Å². The van der Waals surface area contributed by atoms with E-state index < -0.39 is 10.9 Å². The maximum atomic E-state index is 11.8. The Morgan fingerprint density at radius 3 is 2.55 bits per heavy atom. The van der Waals surface area contributed by atoms with Crippen LogP contribution >= 0.6 is 0 Å². The summed E-state index contributed by atoms with van der Waals surface area (Å²) in [5.74, 6) is 0.457. The maximum Gasteiger partial charge on any atom is 0.338 e. The molecule has 6 nitrogen and oxygen atoms in total. The minimum Gasteiger partial charge on any atom is -0.462 e. The second-order valence-electron chi connectivity index (χ2n) is 6.03. The summed E-state index contributed by atoms with van der Waals surface area (Å²) in [6.45, 7) is 7.85. The average molecular weight is 306 g/mol. The lowest BCUT2D eigenvalue weighted by molar-refractivity contribution is -0.384. The van der Waals surface area contributed by atoms with Gasteiger partial charge in [0.15, 0.2) is 0 Å². The summed E-state index contributed by atoms with van der Waals surface area (Å²) in [6.07, 6.45) is 1.13. The molecule has 1 aromatic carbocycles. The van der Waals surface area contributed by atoms with Crippen LogP contribution in [0.1, 0.15) is 37.6 Å². The quantitative estimate of drug-likeness (QED) is 0.485. The molecular formula is C16H22N2O4. The molecule has 1 fully saturated rings. The predicted molar refractivity (Wildman–Crippen MR) is 84.2 cm³/mol. The smallest absolute Gasteiger partial charge is 0.338 e. The van der Waals surface area contributed by atoms with Crippen LogP contribution in [0.25, 0.3) is 0 Å². The Morgan fingerprint density at radius 1 is 1.36 bits per heavy atom. The van der Waals surface area contributed by atoms with E-state index in [0.717, 1.165) is 19.5 Å². The fourth-order valence-corrected chi connectivity index (χ4v) is 3.14. The third kappa shape index (κ3) is 3.55. The summed E-state index contributed by atoms with van der Waals surface area (Å²) in [4.78, 5) is 24.8. The number of nitro benzene ring substituents is 1. The van der Waals surface area contributed by atoms with E-state index in [1.54, 1.807) is 19.1 Å². The van der Waals surface area contributed by atoms with Crippen LogP contribution in [0.3, 0.4) is 0 Å². The largest absolute Gasteiger partial charge is 0.462 e. The van der Waals surface area contributed by atoms with Gasteiger partial charge < -0.3 is 9.64 Å². The zero-order valence-corrected chi connectivity index (χ0v) is 13.2. The highest BCUT2D eigenvalue weighted by molar-refractivity contribution is 5.91. The van der Waals surface area contributed by atoms with Gasteiger partial charge in [-0.2, -0.15) is 0 Å². The molecular weight excluding hydrogens is 284 g/mol. The lowest BCUT2D eigenvalue weighted by Gasteiger charge is -2.36. The Balaban J connectivity index is 2.35. The zero-order chi connectivity index (χ0) is 16.3. The van der Waals surface area contributed by atoms with Crippen molar-refractivity contribution in [2.45, 2.75) is 27.2 Å². The zero-order valence-electron chi connectivity index (χ0n) is 13.2. The molecule has 1 aliphatic heterocycles. The maximum absolute atomic E-state index is 11.8. The van der Waals surface area contributed by atoms with Crippen LogP contribution in [0, 0.1) is 22.0 Å². The van der Waals surface area contributed by atoms with E-state index in [0.29, 0.717) is 17.5 Å². The normalized spacial score (nSPS) is 21.5. The fourth-order valence-electron chi connectivity index (χ4n) is 3.14. The molecule has 0 saturated carbocycles. The van der Waals surface area contributed by atoms with Crippen LogP contribution < -0.4 is 4.90 Å². The Bertz CT molecular complexity index is 563. The van der Waals surface area contributed by atoms with Crippen molar-refractivity contribution in [3.8, 4) is 0 Å². The third-order valence-electron chi connectivity index (χ3n) is 3.89. The Kier molecular flexibility index (Phi) is 5.00. The number of rotatable bonds is 4. The average Bonchev–Trinajstić information content (AvgIpc) is 2.45. The van der Waals surface area contributed by atoms with Gasteiger partial charge in [0.2, 0.25) is 0 Å². The van der Waals surface area contributed by atoms with E-state index in [2.05, 4.69) is 13.8 Å². The number of anilines is 1. The van der Waals surface area contributed by atoms with Gasteiger partial charge in [-0.05, 0) is 37.3 Å². The fraction of sp³-hybridized carbons (Fsp3) is 0.562. The topological polar surface area (TPSA) is 72.7 Å². The van der Waals surface area contributed by atoms with Crippen LogP contribution in [-0.2, 0) is 4.74 Å². The first-order valence-electron chi connectivity index (χ1n) is 7.62. The van der Waals surface area contributed by atoms with Crippen LogP contribution in [-0.4, -0.2) is 30.6 Å². The van der Waals surface area contributed by atoms with Crippen molar-refractivity contribution < 1.29 is 14.5 Å². The van der Waals surface area contributed by atoms with Gasteiger partial charge in [0.05, 0.1) is 17.1 Å². The van der Waals surface area contributed by atoms with Crippen LogP contribution in [0.4, 0.5) is 11.4 Å². The number of ether oxygens (including phenoxy) is 1. The van der Waals surface area contributed by atoms with Crippen LogP contribution in [0.2, 0.25) is 0 Å². The molecule has 1 heterocycles. The first kappa shape index (κ1) is 16.3. The molecule has 1 saturated heterocycles. The molecule has 0 spiro atoms. The van der Waals surface area contributed by atoms with Gasteiger partial charge in [-0.25, -0.2) is 4.79 Å². The molecule has 120 valence electrons. The van der Waals surface area contributed by atoms with Gasteiger partial charge in [0, 0.05) is 19.2 Å². The van der Waals surface area contributed by atoms with Gasteiger partial charge in [-0.1, -0.05) is 13.8 Å². The highest BCUT2D eigenvalue weighted by Crippen LogP contribution is 2.33. The van der Waals surface area contributed by atoms with Crippen LogP contribution in [0.15, 0.2) is 18.2 Å². The third-order valence-corrected chi connectivity index (χ3v) is 3.89. The minimum atomic E-state index is -0.530. The number of esters is 1. The summed E-state index contributed by atoms with van der Waals surface area (Å²) in [5.41, 5.74) is 0.763. The second kappa shape index (κ2) is 6.77. The van der Waals surface area contributed by atoms with E-state index in [-0.39, 0.29) is 17.9 Å². The van der Waals surface area contributed by atoms with Crippen molar-refractivity contribution in [1.29, 1.82) is 0 Å². The van der Waals surface area contributed by atoms with Crippen molar-refractivity contribution in [3.63, 3.8) is 0 Å². The summed E-state index contributed by atoms with van der Waals surface area (Å²) >= 11 is 0. The molecule has 22 heavy (non-hydrogen) atoms. The molecule has 0 aromatic heterocycles. The lowest BCUT2D eigenvalue weighted by atomic mass is 9.91. The number of carbonyl (C=O) groups is 1. The van der Waals surface area contributed by atoms with E-state index in [9.17, 15) is 14.9 Å². The Labute approximate surface area is 130 Å². The highest BCUT2D eigenvalue weighted by Gasteiger charge is 2.28. The monoisotopic (exact) mass is 306 g/mol. The first-order chi connectivity index (χ1) is 10.4. The van der Waals surface area contributed by atoms with Gasteiger partial charge in [-0.3, -0.25) is 10.1 Å². The number of hydrogen-bond donors (Lipinski definition) is 0. The highest BCUT2D eigenvalue weighted by atomic mass is 16.6. The molecule has 6 heteroatoms. The molecule has 0 aliphatic carbocycles. The van der Waals surface area contributed by atoms with Crippen LogP contribution in [0.5, 0.6) is 0 Å². The second-order valence-corrected chi connectivity index (χ2v) is 6.03. The van der Waals surface area contributed by atoms with E-state index in [1.165, 1.54) is 6.07 Å². The Hall–Kier alpha value is -2.11. The summed E-state index contributed by atoms with van der Waals surface area (Å²) in [5, 5.41) is 11.4.